The molecule has 0 atom stereocenters. The molecular formula is C37H40F4N4O2S. The summed E-state index contributed by atoms with van der Waals surface area (Å²) in [4.78, 5) is 33.3. The van der Waals surface area contributed by atoms with Gasteiger partial charge in [0.15, 0.2) is 5.16 Å². The highest BCUT2D eigenvalue weighted by atomic mass is 32.2. The monoisotopic (exact) mass is 693 g/mol. The number of hydrogen-bond acceptors (Lipinski definition) is 5. The van der Waals surface area contributed by atoms with Gasteiger partial charge in [-0.1, -0.05) is 74.0 Å². The second kappa shape index (κ2) is 15.5. The van der Waals surface area contributed by atoms with Gasteiger partial charge in [0, 0.05) is 39.3 Å². The van der Waals surface area contributed by atoms with Crippen molar-refractivity contribution in [2.45, 2.75) is 70.2 Å². The first-order valence-corrected chi connectivity index (χ1v) is 16.0. The fourth-order valence-corrected chi connectivity index (χ4v) is 5.83. The third kappa shape index (κ3) is 8.54. The summed E-state index contributed by atoms with van der Waals surface area (Å²) in [5, 5.41) is -0.327. The van der Waals surface area contributed by atoms with Crippen molar-refractivity contribution in [1.29, 1.82) is 0 Å². The van der Waals surface area contributed by atoms with Crippen LogP contribution in [0.3, 0.4) is 0 Å². The Hall–Kier alpha value is -3.96. The highest BCUT2D eigenvalue weighted by Gasteiger charge is 2.32. The Morgan fingerprint density at radius 1 is 1.00 bits per heavy atom. The van der Waals surface area contributed by atoms with Crippen molar-refractivity contribution in [2.24, 2.45) is 0 Å². The van der Waals surface area contributed by atoms with Crippen LogP contribution in [-0.2, 0) is 42.6 Å². The minimum atomic E-state index is -5.16. The number of benzene rings is 3. The third-order valence-electron chi connectivity index (χ3n) is 7.47. The third-order valence-corrected chi connectivity index (χ3v) is 8.48. The Kier molecular flexibility index (Phi) is 7.07. The molecule has 3 aromatic carbocycles. The molecule has 0 saturated heterocycles. The number of carbonyl (C=O) groups excluding carboxylic acids is 1. The van der Waals surface area contributed by atoms with Crippen LogP contribution in [0.25, 0.3) is 11.1 Å². The lowest BCUT2D eigenvalue weighted by Crippen LogP contribution is -2.40. The molecule has 0 bridgehead atoms. The summed E-state index contributed by atoms with van der Waals surface area (Å²) in [6, 6.07) is -2.58. The van der Waals surface area contributed by atoms with Crippen LogP contribution >= 0.6 is 11.8 Å². The number of hydrogen-bond donors (Lipinski definition) is 0. The van der Waals surface area contributed by atoms with Gasteiger partial charge in [-0.3, -0.25) is 9.59 Å². The number of aromatic nitrogens is 2. The maximum absolute atomic E-state index is 14.9. The van der Waals surface area contributed by atoms with Crippen molar-refractivity contribution in [2.75, 3.05) is 26.1 Å². The largest absolute Gasteiger partial charge is 0.416 e. The summed E-state index contributed by atoms with van der Waals surface area (Å²) in [7, 11) is 0. The standard InChI is InChI=1S/C37H40F4N4O2S/c1-4-43(5-2)19-20-44(22-26-9-13-28(14-10-26)29-15-18-32(25(3)21-29)37(39,40)41)34(46)23-45-33-8-6-7-31(33)35(47)42-36(45)48-24-27-11-16-30(38)17-12-27/h9-18,21H,4-8,19-20,22-24H2,1-3H3/i9D,10D,13D,14D,15D,18D,19D2,20D2,21D,23D2. The Morgan fingerprint density at radius 3 is 2.35 bits per heavy atom. The number of rotatable bonds is 13. The van der Waals surface area contributed by atoms with Crippen LogP contribution < -0.4 is 5.56 Å². The lowest BCUT2D eigenvalue weighted by molar-refractivity contribution is -0.138. The summed E-state index contributed by atoms with van der Waals surface area (Å²) >= 11 is 0.813. The Bertz CT molecular complexity index is 2390. The highest BCUT2D eigenvalue weighted by molar-refractivity contribution is 7.98. The first-order valence-electron chi connectivity index (χ1n) is 21.5. The molecule has 6 nitrogen and oxygen atoms in total. The quantitative estimate of drug-likeness (QED) is 0.0824. The molecule has 5 rings (SSSR count). The number of alkyl halides is 3. The second-order valence-electron chi connectivity index (χ2n) is 10.7. The zero-order valence-electron chi connectivity index (χ0n) is 39.3. The summed E-state index contributed by atoms with van der Waals surface area (Å²) in [6.07, 6.45) is -4.56. The Labute approximate surface area is 301 Å². The maximum atomic E-state index is 14.9. The number of thioether (sulfide) groups is 1. The predicted molar refractivity (Wildman–Crippen MR) is 181 cm³/mol. The first kappa shape index (κ1) is 21.9. The minimum absolute atomic E-state index is 0.000372. The van der Waals surface area contributed by atoms with E-state index >= 15 is 0 Å². The highest BCUT2D eigenvalue weighted by Crippen LogP contribution is 2.34. The summed E-state index contributed by atoms with van der Waals surface area (Å²) in [5.74, 6) is -2.31. The van der Waals surface area contributed by atoms with E-state index in [0.717, 1.165) is 28.2 Å². The van der Waals surface area contributed by atoms with Crippen molar-refractivity contribution in [3.8, 4) is 11.1 Å². The molecule has 0 fully saturated rings. The molecule has 48 heavy (non-hydrogen) atoms. The van der Waals surface area contributed by atoms with Crippen molar-refractivity contribution in [3.63, 3.8) is 0 Å². The molecule has 11 heteroatoms. The molecule has 1 heterocycles. The van der Waals surface area contributed by atoms with Gasteiger partial charge in [-0.05, 0) is 85.3 Å². The van der Waals surface area contributed by atoms with Gasteiger partial charge in [0.25, 0.3) is 5.56 Å². The van der Waals surface area contributed by atoms with Gasteiger partial charge in [-0.25, -0.2) is 4.39 Å². The molecule has 0 spiro atoms. The molecular weight excluding hydrogens is 640 g/mol. The number of nitrogens with zero attached hydrogens (tertiary/aromatic N) is 4. The van der Waals surface area contributed by atoms with Crippen LogP contribution in [0.15, 0.2) is 76.5 Å². The fraction of sp³-hybridized carbons (Fsp3) is 0.378. The number of amides is 1. The molecule has 1 amide bonds. The molecule has 0 radical (unpaired) electrons. The van der Waals surface area contributed by atoms with E-state index in [2.05, 4.69) is 4.98 Å². The van der Waals surface area contributed by atoms with E-state index in [1.54, 1.807) is 0 Å². The van der Waals surface area contributed by atoms with Crippen LogP contribution in [0.2, 0.25) is 0 Å². The van der Waals surface area contributed by atoms with E-state index in [9.17, 15) is 32.6 Å². The Balaban J connectivity index is 1.74. The minimum Gasteiger partial charge on any atom is -0.336 e. The fourth-order valence-electron chi connectivity index (χ4n) is 4.91. The van der Waals surface area contributed by atoms with Gasteiger partial charge in [0.2, 0.25) is 5.91 Å². The van der Waals surface area contributed by atoms with E-state index in [0.29, 0.717) is 12.0 Å². The van der Waals surface area contributed by atoms with Crippen LogP contribution in [0.4, 0.5) is 17.6 Å². The normalized spacial score (nSPS) is 17.6. The van der Waals surface area contributed by atoms with Crippen LogP contribution in [-0.4, -0.2) is 51.3 Å². The van der Waals surface area contributed by atoms with Crippen molar-refractivity contribution in [1.82, 2.24) is 19.4 Å². The molecule has 4 aromatic rings. The van der Waals surface area contributed by atoms with Crippen LogP contribution in [0.1, 0.15) is 71.6 Å². The van der Waals surface area contributed by atoms with Crippen LogP contribution in [0.5, 0.6) is 0 Å². The topological polar surface area (TPSA) is 58.4 Å². The van der Waals surface area contributed by atoms with Gasteiger partial charge in [-0.2, -0.15) is 18.2 Å². The number of fused-ring (bicyclic) bond motifs is 1. The van der Waals surface area contributed by atoms with Gasteiger partial charge in [0.05, 0.1) is 20.6 Å². The lowest BCUT2D eigenvalue weighted by Gasteiger charge is -2.28. The number of likely N-dealkylation sites (N-methyl/N-ethyl adjacent to an activating group) is 1. The average Bonchev–Trinajstić information content (AvgIpc) is 3.67. The number of carbonyl (C=O) groups is 1. The first-order chi connectivity index (χ1) is 28.2. The van der Waals surface area contributed by atoms with E-state index in [1.165, 1.54) is 38.1 Å². The van der Waals surface area contributed by atoms with Crippen molar-refractivity contribution < 1.29 is 40.2 Å². The SMILES string of the molecule is [2H]c1c([2H])c(-c2c([2H])c([2H])c(C(F)(F)F)c(C)c2[2H])c([2H])c([2H])c1CN(C(=O)C([2H])([2H])n1c(SCc2ccc(F)cc2)nc(=O)c2c1CCC2)C([2H])([2H])C([2H])([2H])N(CC)CC. The van der Waals surface area contributed by atoms with E-state index < -0.39 is 120 Å². The zero-order valence-corrected chi connectivity index (χ0v) is 27.1. The summed E-state index contributed by atoms with van der Waals surface area (Å²) in [6.45, 7) is -7.80. The molecule has 1 aliphatic carbocycles. The molecule has 0 aliphatic heterocycles. The van der Waals surface area contributed by atoms with Crippen molar-refractivity contribution in [3.05, 3.63) is 116 Å². The zero-order chi connectivity index (χ0) is 45.9. The van der Waals surface area contributed by atoms with Gasteiger partial charge in [-0.15, -0.1) is 0 Å². The summed E-state index contributed by atoms with van der Waals surface area (Å²) in [5.41, 5.74) is -4.92. The van der Waals surface area contributed by atoms with Crippen molar-refractivity contribution >= 4 is 17.7 Å². The lowest BCUT2D eigenvalue weighted by atomic mass is 9.98. The van der Waals surface area contributed by atoms with Crippen LogP contribution in [0, 0.1) is 12.7 Å². The van der Waals surface area contributed by atoms with Gasteiger partial charge in [0.1, 0.15) is 12.3 Å². The Morgan fingerprint density at radius 2 is 1.69 bits per heavy atom. The van der Waals surface area contributed by atoms with E-state index in [4.69, 9.17) is 12.3 Å². The summed E-state index contributed by atoms with van der Waals surface area (Å²) < 4.78 is 171. The second-order valence-corrected chi connectivity index (χ2v) is 11.7. The van der Waals surface area contributed by atoms with E-state index in [-0.39, 0.29) is 53.0 Å². The molecule has 0 unspecified atom stereocenters. The maximum Gasteiger partial charge on any atom is 0.416 e. The van der Waals surface area contributed by atoms with Gasteiger partial charge < -0.3 is 14.4 Å². The van der Waals surface area contributed by atoms with E-state index in [1.807, 2.05) is 0 Å². The van der Waals surface area contributed by atoms with Gasteiger partial charge >= 0.3 is 6.18 Å². The smallest absolute Gasteiger partial charge is 0.336 e. The number of halogens is 4. The molecule has 0 N–H and O–H groups in total. The molecule has 254 valence electrons. The molecule has 1 aliphatic rings. The molecule has 0 saturated carbocycles. The predicted octanol–water partition coefficient (Wildman–Crippen LogP) is 7.53. The average molecular weight is 694 g/mol. The molecule has 1 aromatic heterocycles.